The Balaban J connectivity index is 1.53. The molecule has 1 aliphatic carbocycles. The van der Waals surface area contributed by atoms with Crippen molar-refractivity contribution in [1.82, 2.24) is 0 Å². The molecule has 2 aromatic rings. The average molecular weight is 400 g/mol. The number of allylic oxidation sites excluding steroid dienone is 1. The van der Waals surface area contributed by atoms with Crippen molar-refractivity contribution in [2.45, 2.75) is 19.4 Å². The van der Waals surface area contributed by atoms with Gasteiger partial charge in [-0.3, -0.25) is 4.79 Å². The lowest BCUT2D eigenvalue weighted by Crippen LogP contribution is -2.31. The number of benzene rings is 2. The first kappa shape index (κ1) is 18.7. The molecule has 146 valence electrons. The van der Waals surface area contributed by atoms with Gasteiger partial charge in [0.05, 0.1) is 6.54 Å². The first-order chi connectivity index (χ1) is 13.7. The smallest absolute Gasteiger partial charge is 0.242 e. The zero-order valence-corrected chi connectivity index (χ0v) is 16.2. The SMILES string of the molecule is O=C(CCl)N(Cc1ccccc1OC/C=C/C1CC1)c1ccc2c(c1)OCO2. The van der Waals surface area contributed by atoms with Crippen LogP contribution in [0, 0.1) is 5.92 Å². The van der Waals surface area contributed by atoms with Gasteiger partial charge in [-0.15, -0.1) is 11.6 Å². The highest BCUT2D eigenvalue weighted by molar-refractivity contribution is 6.29. The largest absolute Gasteiger partial charge is 0.489 e. The summed E-state index contributed by atoms with van der Waals surface area (Å²) >= 11 is 5.87. The van der Waals surface area contributed by atoms with E-state index in [9.17, 15) is 4.79 Å². The van der Waals surface area contributed by atoms with Crippen LogP contribution in [0.5, 0.6) is 17.2 Å². The summed E-state index contributed by atoms with van der Waals surface area (Å²) in [5, 5.41) is 0. The van der Waals surface area contributed by atoms with Crippen LogP contribution in [0.4, 0.5) is 5.69 Å². The van der Waals surface area contributed by atoms with Gasteiger partial charge in [-0.2, -0.15) is 0 Å². The number of alkyl halides is 1. The molecular weight excluding hydrogens is 378 g/mol. The molecule has 0 N–H and O–H groups in total. The van der Waals surface area contributed by atoms with Gasteiger partial charge in [0.15, 0.2) is 11.5 Å². The van der Waals surface area contributed by atoms with Crippen molar-refractivity contribution in [2.75, 3.05) is 24.2 Å². The normalized spacial score (nSPS) is 15.0. The molecule has 5 nitrogen and oxygen atoms in total. The number of ether oxygens (including phenoxy) is 3. The standard InChI is InChI=1S/C22H22ClNO4/c23-13-22(25)24(18-9-10-20-21(12-18)28-15-27-20)14-17-5-1-2-6-19(17)26-11-3-4-16-7-8-16/h1-6,9-10,12,16H,7-8,11,13-15H2/b4-3+. The number of carbonyl (C=O) groups is 1. The summed E-state index contributed by atoms with van der Waals surface area (Å²) in [5.41, 5.74) is 1.62. The molecule has 0 spiro atoms. The number of hydrogen-bond donors (Lipinski definition) is 0. The molecule has 0 radical (unpaired) electrons. The van der Waals surface area contributed by atoms with Crippen LogP contribution < -0.4 is 19.1 Å². The van der Waals surface area contributed by atoms with Gasteiger partial charge in [-0.25, -0.2) is 0 Å². The van der Waals surface area contributed by atoms with Gasteiger partial charge >= 0.3 is 0 Å². The highest BCUT2D eigenvalue weighted by atomic mass is 35.5. The highest BCUT2D eigenvalue weighted by Gasteiger charge is 2.21. The molecule has 0 saturated heterocycles. The van der Waals surface area contributed by atoms with E-state index in [-0.39, 0.29) is 18.6 Å². The number of rotatable bonds is 8. The quantitative estimate of drug-likeness (QED) is 0.483. The van der Waals surface area contributed by atoms with Crippen LogP contribution in [0.25, 0.3) is 0 Å². The highest BCUT2D eigenvalue weighted by Crippen LogP contribution is 2.36. The Morgan fingerprint density at radius 3 is 2.82 bits per heavy atom. The third kappa shape index (κ3) is 4.42. The van der Waals surface area contributed by atoms with Gasteiger partial charge in [0.25, 0.3) is 0 Å². The summed E-state index contributed by atoms with van der Waals surface area (Å²) in [6, 6.07) is 13.2. The minimum absolute atomic E-state index is 0.110. The lowest BCUT2D eigenvalue weighted by atomic mass is 10.1. The summed E-state index contributed by atoms with van der Waals surface area (Å²) in [7, 11) is 0. The van der Waals surface area contributed by atoms with E-state index >= 15 is 0 Å². The molecule has 28 heavy (non-hydrogen) atoms. The molecule has 4 rings (SSSR count). The Kier molecular flexibility index (Phi) is 5.72. The molecule has 0 atom stereocenters. The van der Waals surface area contributed by atoms with Crippen molar-refractivity contribution in [2.24, 2.45) is 5.92 Å². The lowest BCUT2D eigenvalue weighted by molar-refractivity contribution is -0.116. The second-order valence-electron chi connectivity index (χ2n) is 6.84. The zero-order chi connectivity index (χ0) is 19.3. The second-order valence-corrected chi connectivity index (χ2v) is 7.10. The van der Waals surface area contributed by atoms with Crippen molar-refractivity contribution in [3.8, 4) is 17.2 Å². The zero-order valence-electron chi connectivity index (χ0n) is 15.5. The molecule has 1 aliphatic heterocycles. The maximum absolute atomic E-state index is 12.5. The van der Waals surface area contributed by atoms with Gasteiger partial charge in [-0.1, -0.05) is 30.4 Å². The topological polar surface area (TPSA) is 48.0 Å². The number of anilines is 1. The van der Waals surface area contributed by atoms with Crippen LogP contribution in [-0.4, -0.2) is 25.2 Å². The number of amides is 1. The van der Waals surface area contributed by atoms with Crippen LogP contribution >= 0.6 is 11.6 Å². The van der Waals surface area contributed by atoms with E-state index in [2.05, 4.69) is 12.2 Å². The van der Waals surface area contributed by atoms with Gasteiger partial charge in [-0.05, 0) is 37.0 Å². The lowest BCUT2D eigenvalue weighted by Gasteiger charge is -2.23. The first-order valence-corrected chi connectivity index (χ1v) is 9.91. The van der Waals surface area contributed by atoms with Crippen LogP contribution in [0.2, 0.25) is 0 Å². The molecule has 2 aromatic carbocycles. The maximum atomic E-state index is 12.5. The van der Waals surface area contributed by atoms with E-state index in [1.807, 2.05) is 30.3 Å². The van der Waals surface area contributed by atoms with E-state index in [0.717, 1.165) is 17.2 Å². The molecule has 2 aliphatic rings. The summed E-state index contributed by atoms with van der Waals surface area (Å²) < 4.78 is 16.7. The number of fused-ring (bicyclic) bond motifs is 1. The molecule has 1 amide bonds. The number of para-hydroxylation sites is 1. The summed E-state index contributed by atoms with van der Waals surface area (Å²) in [6.07, 6.45) is 6.82. The second kappa shape index (κ2) is 8.57. The predicted octanol–water partition coefficient (Wildman–Crippen LogP) is 4.53. The summed E-state index contributed by atoms with van der Waals surface area (Å²) in [4.78, 5) is 14.2. The molecule has 1 saturated carbocycles. The number of halogens is 1. The van der Waals surface area contributed by atoms with Crippen LogP contribution in [0.15, 0.2) is 54.6 Å². The van der Waals surface area contributed by atoms with Crippen molar-refractivity contribution >= 4 is 23.2 Å². The fourth-order valence-electron chi connectivity index (χ4n) is 3.07. The van der Waals surface area contributed by atoms with Crippen LogP contribution in [-0.2, 0) is 11.3 Å². The van der Waals surface area contributed by atoms with Gasteiger partial charge in [0.2, 0.25) is 12.7 Å². The molecule has 0 unspecified atom stereocenters. The van der Waals surface area contributed by atoms with E-state index in [1.165, 1.54) is 12.8 Å². The molecular formula is C22H22ClNO4. The van der Waals surface area contributed by atoms with Crippen LogP contribution in [0.3, 0.4) is 0 Å². The summed E-state index contributed by atoms with van der Waals surface area (Å²) in [5.74, 6) is 2.48. The first-order valence-electron chi connectivity index (χ1n) is 9.38. The molecule has 1 heterocycles. The Bertz CT molecular complexity index is 879. The van der Waals surface area contributed by atoms with E-state index in [1.54, 1.807) is 17.0 Å². The fourth-order valence-corrected chi connectivity index (χ4v) is 3.21. The fraction of sp³-hybridized carbons (Fsp3) is 0.318. The Morgan fingerprint density at radius 2 is 2.00 bits per heavy atom. The van der Waals surface area contributed by atoms with Crippen molar-refractivity contribution in [3.05, 3.63) is 60.2 Å². The van der Waals surface area contributed by atoms with Crippen molar-refractivity contribution in [3.63, 3.8) is 0 Å². The third-order valence-electron chi connectivity index (χ3n) is 4.75. The Labute approximate surface area is 169 Å². The van der Waals surface area contributed by atoms with Crippen molar-refractivity contribution < 1.29 is 19.0 Å². The summed E-state index contributed by atoms with van der Waals surface area (Å²) in [6.45, 7) is 1.06. The predicted molar refractivity (Wildman–Crippen MR) is 108 cm³/mol. The minimum Gasteiger partial charge on any atom is -0.489 e. The molecule has 1 fully saturated rings. The number of carbonyl (C=O) groups excluding carboxylic acids is 1. The van der Waals surface area contributed by atoms with Gasteiger partial charge in [0, 0.05) is 17.3 Å². The minimum atomic E-state index is -0.191. The van der Waals surface area contributed by atoms with Gasteiger partial charge in [0.1, 0.15) is 18.2 Å². The number of hydrogen-bond acceptors (Lipinski definition) is 4. The van der Waals surface area contributed by atoms with Crippen molar-refractivity contribution in [1.29, 1.82) is 0 Å². The van der Waals surface area contributed by atoms with E-state index < -0.39 is 0 Å². The van der Waals surface area contributed by atoms with Gasteiger partial charge < -0.3 is 19.1 Å². The Morgan fingerprint density at radius 1 is 1.18 bits per heavy atom. The molecule has 0 bridgehead atoms. The maximum Gasteiger partial charge on any atom is 0.242 e. The van der Waals surface area contributed by atoms with E-state index in [0.29, 0.717) is 30.3 Å². The van der Waals surface area contributed by atoms with Crippen LogP contribution in [0.1, 0.15) is 18.4 Å². The third-order valence-corrected chi connectivity index (χ3v) is 4.98. The average Bonchev–Trinajstić information content (AvgIpc) is 3.44. The number of nitrogens with zero attached hydrogens (tertiary/aromatic N) is 1. The monoisotopic (exact) mass is 399 g/mol. The molecule has 6 heteroatoms. The molecule has 0 aromatic heterocycles. The Hall–Kier alpha value is -2.66. The van der Waals surface area contributed by atoms with E-state index in [4.69, 9.17) is 25.8 Å².